The molecule has 0 unspecified atom stereocenters. The fraction of sp³-hybridized carbons (Fsp3) is 0.263. The molecule has 2 aromatic rings. The van der Waals surface area contributed by atoms with Crippen LogP contribution in [0.4, 0.5) is 5.69 Å². The number of methoxy groups -OCH3 is 1. The van der Waals surface area contributed by atoms with E-state index >= 15 is 0 Å². The minimum atomic E-state index is -3.75. The van der Waals surface area contributed by atoms with Crippen LogP contribution in [0.5, 0.6) is 5.75 Å². The van der Waals surface area contributed by atoms with Crippen molar-refractivity contribution in [2.24, 2.45) is 0 Å². The van der Waals surface area contributed by atoms with E-state index in [1.165, 1.54) is 31.4 Å². The van der Waals surface area contributed by atoms with Crippen LogP contribution in [0.15, 0.2) is 41.3 Å². The lowest BCUT2D eigenvalue weighted by atomic mass is 10.1. The van der Waals surface area contributed by atoms with Crippen LogP contribution in [-0.2, 0) is 19.6 Å². The molecule has 3 N–H and O–H groups in total. The zero-order valence-corrected chi connectivity index (χ0v) is 16.6. The zero-order chi connectivity index (χ0) is 20.9. The predicted molar refractivity (Wildman–Crippen MR) is 104 cm³/mol. The van der Waals surface area contributed by atoms with Crippen LogP contribution in [0.3, 0.4) is 0 Å². The lowest BCUT2D eigenvalue weighted by Crippen LogP contribution is -2.28. The summed E-state index contributed by atoms with van der Waals surface area (Å²) in [7, 11) is -2.57. The highest BCUT2D eigenvalue weighted by Crippen LogP contribution is 2.28. The largest absolute Gasteiger partial charge is 0.505 e. The fourth-order valence-corrected chi connectivity index (χ4v) is 3.87. The van der Waals surface area contributed by atoms with E-state index in [4.69, 9.17) is 0 Å². The Kier molecular flexibility index (Phi) is 6.76. The molecule has 0 fully saturated rings. The zero-order valence-electron chi connectivity index (χ0n) is 15.8. The number of anilines is 1. The van der Waals surface area contributed by atoms with E-state index < -0.39 is 27.6 Å². The molecule has 0 heterocycles. The molecule has 0 aromatic heterocycles. The minimum absolute atomic E-state index is 0.0325. The number of benzene rings is 2. The summed E-state index contributed by atoms with van der Waals surface area (Å²) in [6, 6.07) is 9.23. The third kappa shape index (κ3) is 5.08. The van der Waals surface area contributed by atoms with E-state index in [1.54, 1.807) is 19.1 Å². The Morgan fingerprint density at radius 3 is 2.50 bits per heavy atom. The molecule has 28 heavy (non-hydrogen) atoms. The SMILES string of the molecule is COC(=O)c1cccc(NC(=O)CCNS(=O)(=O)c2ccc(C)cc2C)c1O. The highest BCUT2D eigenvalue weighted by Gasteiger charge is 2.18. The number of nitrogens with one attached hydrogen (secondary N) is 2. The Balaban J connectivity index is 1.99. The van der Waals surface area contributed by atoms with Crippen LogP contribution in [-0.4, -0.2) is 39.1 Å². The topological polar surface area (TPSA) is 122 Å². The average molecular weight is 406 g/mol. The van der Waals surface area contributed by atoms with Crippen molar-refractivity contribution in [1.82, 2.24) is 4.72 Å². The molecule has 9 heteroatoms. The molecule has 0 aliphatic heterocycles. The predicted octanol–water partition coefficient (Wildman–Crippen LogP) is 2.10. The molecule has 8 nitrogen and oxygen atoms in total. The van der Waals surface area contributed by atoms with Crippen molar-refractivity contribution in [3.8, 4) is 5.75 Å². The molecule has 0 atom stereocenters. The number of sulfonamides is 1. The summed E-state index contributed by atoms with van der Waals surface area (Å²) in [4.78, 5) is 23.8. The number of rotatable bonds is 7. The first-order valence-electron chi connectivity index (χ1n) is 8.42. The number of phenolic OH excluding ortho intramolecular Hbond substituents is 1. The molecule has 0 saturated heterocycles. The number of hydrogen-bond acceptors (Lipinski definition) is 6. The molecule has 0 aliphatic rings. The smallest absolute Gasteiger partial charge is 0.341 e. The van der Waals surface area contributed by atoms with Gasteiger partial charge in [-0.25, -0.2) is 17.9 Å². The summed E-state index contributed by atoms with van der Waals surface area (Å²) in [5.41, 5.74) is 1.51. The van der Waals surface area contributed by atoms with Crippen LogP contribution in [0.1, 0.15) is 27.9 Å². The van der Waals surface area contributed by atoms with Gasteiger partial charge in [-0.1, -0.05) is 23.8 Å². The molecular weight excluding hydrogens is 384 g/mol. The number of para-hydroxylation sites is 1. The lowest BCUT2D eigenvalue weighted by Gasteiger charge is -2.11. The normalized spacial score (nSPS) is 11.1. The van der Waals surface area contributed by atoms with Gasteiger partial charge in [-0.3, -0.25) is 4.79 Å². The van der Waals surface area contributed by atoms with Gasteiger partial charge in [0.05, 0.1) is 17.7 Å². The Morgan fingerprint density at radius 2 is 1.86 bits per heavy atom. The van der Waals surface area contributed by atoms with Crippen molar-refractivity contribution >= 4 is 27.6 Å². The summed E-state index contributed by atoms with van der Waals surface area (Å²) < 4.78 is 31.7. The third-order valence-corrected chi connectivity index (χ3v) is 5.60. The summed E-state index contributed by atoms with van der Waals surface area (Å²) in [5.74, 6) is -1.69. The van der Waals surface area contributed by atoms with Crippen LogP contribution in [0, 0.1) is 13.8 Å². The lowest BCUT2D eigenvalue weighted by molar-refractivity contribution is -0.116. The number of aryl methyl sites for hydroxylation is 2. The number of aromatic hydroxyl groups is 1. The van der Waals surface area contributed by atoms with Gasteiger partial charge < -0.3 is 15.2 Å². The number of carbonyl (C=O) groups excluding carboxylic acids is 2. The maximum atomic E-state index is 12.4. The van der Waals surface area contributed by atoms with Gasteiger partial charge >= 0.3 is 5.97 Å². The van der Waals surface area contributed by atoms with E-state index in [2.05, 4.69) is 14.8 Å². The van der Waals surface area contributed by atoms with Gasteiger partial charge in [-0.2, -0.15) is 0 Å². The van der Waals surface area contributed by atoms with Gasteiger partial charge in [0, 0.05) is 13.0 Å². The molecule has 0 spiro atoms. The monoisotopic (exact) mass is 406 g/mol. The Morgan fingerprint density at radius 1 is 1.14 bits per heavy atom. The van der Waals surface area contributed by atoms with Gasteiger partial charge in [0.15, 0.2) is 5.75 Å². The van der Waals surface area contributed by atoms with E-state index in [0.717, 1.165) is 5.56 Å². The first kappa shape index (κ1) is 21.4. The molecule has 1 amide bonds. The highest BCUT2D eigenvalue weighted by molar-refractivity contribution is 7.89. The van der Waals surface area contributed by atoms with E-state index in [9.17, 15) is 23.1 Å². The van der Waals surface area contributed by atoms with Gasteiger partial charge in [0.25, 0.3) is 0 Å². The van der Waals surface area contributed by atoms with Crippen molar-refractivity contribution in [3.63, 3.8) is 0 Å². The second kappa shape index (κ2) is 8.85. The van der Waals surface area contributed by atoms with Crippen molar-refractivity contribution in [2.75, 3.05) is 19.0 Å². The molecule has 0 radical (unpaired) electrons. The molecule has 0 bridgehead atoms. The number of esters is 1. The van der Waals surface area contributed by atoms with Crippen molar-refractivity contribution in [3.05, 3.63) is 53.1 Å². The highest BCUT2D eigenvalue weighted by atomic mass is 32.2. The van der Waals surface area contributed by atoms with Crippen molar-refractivity contribution < 1.29 is 27.9 Å². The number of phenols is 1. The summed E-state index contributed by atoms with van der Waals surface area (Å²) in [5, 5.41) is 12.5. The van der Waals surface area contributed by atoms with Crippen molar-refractivity contribution in [2.45, 2.75) is 25.2 Å². The Bertz CT molecular complexity index is 1000. The van der Waals surface area contributed by atoms with E-state index in [-0.39, 0.29) is 29.1 Å². The second-order valence-electron chi connectivity index (χ2n) is 6.16. The summed E-state index contributed by atoms with van der Waals surface area (Å²) in [6.07, 6.45) is -0.161. The first-order chi connectivity index (χ1) is 13.2. The van der Waals surface area contributed by atoms with Crippen LogP contribution < -0.4 is 10.0 Å². The molecule has 2 rings (SSSR count). The van der Waals surface area contributed by atoms with Gasteiger partial charge in [-0.05, 0) is 37.6 Å². The first-order valence-corrected chi connectivity index (χ1v) is 9.91. The van der Waals surface area contributed by atoms with Crippen LogP contribution >= 0.6 is 0 Å². The van der Waals surface area contributed by atoms with E-state index in [0.29, 0.717) is 5.56 Å². The Hall–Kier alpha value is -2.91. The van der Waals surface area contributed by atoms with Gasteiger partial charge in [-0.15, -0.1) is 0 Å². The molecular formula is C19H22N2O6S. The van der Waals surface area contributed by atoms with Crippen LogP contribution in [0.2, 0.25) is 0 Å². The maximum absolute atomic E-state index is 12.4. The summed E-state index contributed by atoms with van der Waals surface area (Å²) >= 11 is 0. The maximum Gasteiger partial charge on any atom is 0.341 e. The molecule has 0 aliphatic carbocycles. The molecule has 0 saturated carbocycles. The second-order valence-corrected chi connectivity index (χ2v) is 7.89. The Labute approximate surface area is 163 Å². The average Bonchev–Trinajstić information content (AvgIpc) is 2.62. The molecule has 150 valence electrons. The standard InChI is InChI=1S/C19H22N2O6S/c1-12-7-8-16(13(2)11-12)28(25,26)20-10-9-17(22)21-15-6-4-5-14(18(15)23)19(24)27-3/h4-8,11,20,23H,9-10H2,1-3H3,(H,21,22). The van der Waals surface area contributed by atoms with Gasteiger partial charge in [0.1, 0.15) is 5.56 Å². The van der Waals surface area contributed by atoms with E-state index in [1.807, 2.05) is 6.92 Å². The van der Waals surface area contributed by atoms with Crippen molar-refractivity contribution in [1.29, 1.82) is 0 Å². The summed E-state index contributed by atoms with van der Waals surface area (Å²) in [6.45, 7) is 3.44. The minimum Gasteiger partial charge on any atom is -0.505 e. The van der Waals surface area contributed by atoms with Gasteiger partial charge in [0.2, 0.25) is 15.9 Å². The third-order valence-electron chi connectivity index (χ3n) is 3.98. The fourth-order valence-electron chi connectivity index (χ4n) is 2.61. The number of amides is 1. The number of carbonyl (C=O) groups is 2. The number of ether oxygens (including phenoxy) is 1. The van der Waals surface area contributed by atoms with Crippen LogP contribution in [0.25, 0.3) is 0 Å². The number of hydrogen-bond donors (Lipinski definition) is 3. The quantitative estimate of drug-likeness (QED) is 0.478. The molecule has 2 aromatic carbocycles.